The molecule has 4 rings (SSSR count). The predicted octanol–water partition coefficient (Wildman–Crippen LogP) is 4.05. The smallest absolute Gasteiger partial charge is 0.319 e. The molecule has 0 saturated carbocycles. The van der Waals surface area contributed by atoms with Crippen molar-refractivity contribution < 1.29 is 23.1 Å². The lowest BCUT2D eigenvalue weighted by molar-refractivity contribution is -0.157. The van der Waals surface area contributed by atoms with Crippen LogP contribution in [0, 0.1) is 5.41 Å². The van der Waals surface area contributed by atoms with Gasteiger partial charge in [-0.15, -0.1) is 0 Å². The van der Waals surface area contributed by atoms with Gasteiger partial charge in [0.05, 0.1) is 12.0 Å². The van der Waals surface area contributed by atoms with E-state index < -0.39 is 17.9 Å². The SMILES string of the molecule is CCOC(=O)[C@@]1(Cc2ccccc2)C[C@H]2CC[C@@H]1N2C(=O)c1cccn1C(F)F. The zero-order valence-corrected chi connectivity index (χ0v) is 16.3. The highest BCUT2D eigenvalue weighted by Gasteiger charge is 2.62. The molecule has 2 aliphatic heterocycles. The van der Waals surface area contributed by atoms with E-state index in [1.165, 1.54) is 18.3 Å². The van der Waals surface area contributed by atoms with Crippen molar-refractivity contribution in [2.45, 2.75) is 51.2 Å². The molecule has 0 aliphatic carbocycles. The molecule has 1 amide bonds. The van der Waals surface area contributed by atoms with Crippen LogP contribution >= 0.6 is 0 Å². The molecule has 3 atom stereocenters. The van der Waals surface area contributed by atoms with Crippen LogP contribution in [0.4, 0.5) is 8.78 Å². The molecule has 2 aliphatic rings. The molecule has 0 spiro atoms. The highest BCUT2D eigenvalue weighted by molar-refractivity contribution is 5.95. The summed E-state index contributed by atoms with van der Waals surface area (Å²) in [7, 11) is 0. The summed E-state index contributed by atoms with van der Waals surface area (Å²) in [6.45, 7) is -0.766. The Hall–Kier alpha value is -2.70. The predicted molar refractivity (Wildman–Crippen MR) is 102 cm³/mol. The third kappa shape index (κ3) is 3.22. The molecular weight excluding hydrogens is 378 g/mol. The number of alkyl halides is 2. The molecule has 0 radical (unpaired) electrons. The summed E-state index contributed by atoms with van der Waals surface area (Å²) in [5.41, 5.74) is 0.103. The first-order valence-corrected chi connectivity index (χ1v) is 9.96. The van der Waals surface area contributed by atoms with Crippen LogP contribution in [0.5, 0.6) is 0 Å². The highest BCUT2D eigenvalue weighted by atomic mass is 19.3. The Kier molecular flexibility index (Phi) is 5.15. The zero-order chi connectivity index (χ0) is 20.6. The first-order valence-electron chi connectivity index (χ1n) is 9.96. The van der Waals surface area contributed by atoms with Crippen molar-refractivity contribution in [2.24, 2.45) is 5.41 Å². The summed E-state index contributed by atoms with van der Waals surface area (Å²) in [5, 5.41) is 0. The van der Waals surface area contributed by atoms with Gasteiger partial charge in [-0.1, -0.05) is 30.3 Å². The van der Waals surface area contributed by atoms with E-state index in [9.17, 15) is 18.4 Å². The monoisotopic (exact) mass is 402 g/mol. The summed E-state index contributed by atoms with van der Waals surface area (Å²) >= 11 is 0. The maximum Gasteiger partial charge on any atom is 0.319 e. The topological polar surface area (TPSA) is 51.5 Å². The van der Waals surface area contributed by atoms with Crippen molar-refractivity contribution >= 4 is 11.9 Å². The quantitative estimate of drug-likeness (QED) is 0.685. The van der Waals surface area contributed by atoms with E-state index in [1.807, 2.05) is 30.3 Å². The van der Waals surface area contributed by atoms with E-state index in [4.69, 9.17) is 4.74 Å². The van der Waals surface area contributed by atoms with Crippen molar-refractivity contribution in [3.8, 4) is 0 Å². The lowest BCUT2D eigenvalue weighted by Crippen LogP contribution is -2.47. The first kappa shape index (κ1) is 19.6. The van der Waals surface area contributed by atoms with Gasteiger partial charge in [-0.05, 0) is 50.3 Å². The van der Waals surface area contributed by atoms with Gasteiger partial charge in [0.2, 0.25) is 0 Å². The van der Waals surface area contributed by atoms with Crippen LogP contribution in [0.2, 0.25) is 0 Å². The average molecular weight is 402 g/mol. The van der Waals surface area contributed by atoms with Gasteiger partial charge in [0.1, 0.15) is 5.69 Å². The number of ether oxygens (including phenoxy) is 1. The Labute approximate surface area is 168 Å². The average Bonchev–Trinajstić information content (AvgIpc) is 3.42. The van der Waals surface area contributed by atoms with E-state index >= 15 is 0 Å². The molecule has 5 nitrogen and oxygen atoms in total. The molecule has 0 N–H and O–H groups in total. The van der Waals surface area contributed by atoms with Gasteiger partial charge < -0.3 is 9.64 Å². The fourth-order valence-electron chi connectivity index (χ4n) is 5.08. The minimum atomic E-state index is -2.79. The second-order valence-electron chi connectivity index (χ2n) is 7.78. The Morgan fingerprint density at radius 3 is 2.62 bits per heavy atom. The van der Waals surface area contributed by atoms with Gasteiger partial charge in [0, 0.05) is 18.3 Å². The number of carbonyl (C=O) groups excluding carboxylic acids is 2. The van der Waals surface area contributed by atoms with Crippen LogP contribution in [0.1, 0.15) is 48.8 Å². The number of hydrogen-bond acceptors (Lipinski definition) is 3. The van der Waals surface area contributed by atoms with Crippen LogP contribution in [0.3, 0.4) is 0 Å². The van der Waals surface area contributed by atoms with Crippen molar-refractivity contribution in [1.82, 2.24) is 9.47 Å². The highest BCUT2D eigenvalue weighted by Crippen LogP contribution is 2.52. The van der Waals surface area contributed by atoms with Crippen LogP contribution in [0.25, 0.3) is 0 Å². The van der Waals surface area contributed by atoms with Crippen molar-refractivity contribution in [1.29, 1.82) is 0 Å². The third-order valence-electron chi connectivity index (χ3n) is 6.23. The number of amides is 1. The number of fused-ring (bicyclic) bond motifs is 2. The molecule has 2 aromatic rings. The number of esters is 1. The van der Waals surface area contributed by atoms with E-state index in [0.717, 1.165) is 12.0 Å². The standard InChI is InChI=1S/C22H24F2N2O3/c1-2-29-20(28)22(13-15-7-4-3-5-8-15)14-16-10-11-18(22)26(16)19(27)17-9-6-12-25(17)21(23)24/h3-9,12,16,18,21H,2,10-11,13-14H2,1H3/t16-,18+,22+/m1/s1. The molecule has 1 aromatic carbocycles. The first-order chi connectivity index (χ1) is 14.0. The maximum absolute atomic E-state index is 13.3. The lowest BCUT2D eigenvalue weighted by atomic mass is 9.70. The molecule has 0 unspecified atom stereocenters. The van der Waals surface area contributed by atoms with E-state index in [0.29, 0.717) is 23.8 Å². The Morgan fingerprint density at radius 1 is 1.17 bits per heavy atom. The van der Waals surface area contributed by atoms with Crippen LogP contribution in [-0.2, 0) is 16.0 Å². The molecule has 2 saturated heterocycles. The summed E-state index contributed by atoms with van der Waals surface area (Å²) in [6.07, 6.45) is 3.59. The molecule has 29 heavy (non-hydrogen) atoms. The second-order valence-corrected chi connectivity index (χ2v) is 7.78. The normalized spacial score (nSPS) is 25.6. The molecule has 3 heterocycles. The van der Waals surface area contributed by atoms with Crippen molar-refractivity contribution in [2.75, 3.05) is 6.61 Å². The Morgan fingerprint density at radius 2 is 1.93 bits per heavy atom. The summed E-state index contributed by atoms with van der Waals surface area (Å²) in [4.78, 5) is 28.0. The van der Waals surface area contributed by atoms with Crippen molar-refractivity contribution in [3.05, 3.63) is 59.9 Å². The lowest BCUT2D eigenvalue weighted by Gasteiger charge is -2.35. The minimum absolute atomic E-state index is 0.0451. The number of rotatable bonds is 6. The second kappa shape index (κ2) is 7.61. The number of halogens is 2. The van der Waals surface area contributed by atoms with Gasteiger partial charge in [0.15, 0.2) is 0 Å². The fraction of sp³-hybridized carbons (Fsp3) is 0.455. The number of nitrogens with zero attached hydrogens (tertiary/aromatic N) is 2. The third-order valence-corrected chi connectivity index (χ3v) is 6.23. The summed E-state index contributed by atoms with van der Waals surface area (Å²) in [5.74, 6) is -0.750. The van der Waals surface area contributed by atoms with Crippen LogP contribution in [-0.4, -0.2) is 40.0 Å². The molecule has 7 heteroatoms. The molecular formula is C22H24F2N2O3. The minimum Gasteiger partial charge on any atom is -0.465 e. The van der Waals surface area contributed by atoms with Crippen LogP contribution < -0.4 is 0 Å². The number of hydrogen-bond donors (Lipinski definition) is 0. The van der Waals surface area contributed by atoms with Crippen LogP contribution in [0.15, 0.2) is 48.7 Å². The van der Waals surface area contributed by atoms with E-state index in [1.54, 1.807) is 11.8 Å². The largest absolute Gasteiger partial charge is 0.465 e. The van der Waals surface area contributed by atoms with Gasteiger partial charge in [-0.25, -0.2) is 0 Å². The van der Waals surface area contributed by atoms with Crippen molar-refractivity contribution in [3.63, 3.8) is 0 Å². The zero-order valence-electron chi connectivity index (χ0n) is 16.3. The van der Waals surface area contributed by atoms with Gasteiger partial charge >= 0.3 is 12.5 Å². The number of aromatic nitrogens is 1. The maximum atomic E-state index is 13.3. The Balaban J connectivity index is 1.69. The summed E-state index contributed by atoms with van der Waals surface area (Å²) in [6, 6.07) is 12.0. The van der Waals surface area contributed by atoms with Gasteiger partial charge in [0.25, 0.3) is 5.91 Å². The van der Waals surface area contributed by atoms with Gasteiger partial charge in [-0.2, -0.15) is 8.78 Å². The number of carbonyl (C=O) groups is 2. The van der Waals surface area contributed by atoms with E-state index in [2.05, 4.69) is 0 Å². The van der Waals surface area contributed by atoms with E-state index in [-0.39, 0.29) is 30.4 Å². The molecule has 2 fully saturated rings. The molecule has 2 bridgehead atoms. The fourth-order valence-corrected chi connectivity index (χ4v) is 5.08. The molecule has 154 valence electrons. The number of benzene rings is 1. The van der Waals surface area contributed by atoms with Gasteiger partial charge in [-0.3, -0.25) is 14.2 Å². The summed E-state index contributed by atoms with van der Waals surface area (Å²) < 4.78 is 32.7. The Bertz CT molecular complexity index is 898. The molecule has 1 aromatic heterocycles.